The van der Waals surface area contributed by atoms with Gasteiger partial charge in [-0.05, 0) is 46.5 Å². The summed E-state index contributed by atoms with van der Waals surface area (Å²) in [5, 5.41) is 15.9. The summed E-state index contributed by atoms with van der Waals surface area (Å²) in [4.78, 5) is 23.8. The number of nitrogens with one attached hydrogen (secondary N) is 1. The third kappa shape index (κ3) is 2.42. The van der Waals surface area contributed by atoms with E-state index < -0.39 is 17.4 Å². The third-order valence-corrected chi connectivity index (χ3v) is 4.14. The van der Waals surface area contributed by atoms with E-state index in [1.807, 2.05) is 0 Å². The molecule has 1 aromatic rings. The number of rotatable bonds is 5. The molecule has 1 aliphatic carbocycles. The summed E-state index contributed by atoms with van der Waals surface area (Å²) in [6.45, 7) is 6.82. The highest BCUT2D eigenvalue weighted by molar-refractivity contribution is 5.90. The Hall–Kier alpha value is -1.85. The molecular weight excluding hydrogens is 260 g/mol. The average Bonchev–Trinajstić information content (AvgIpc) is 3.16. The van der Waals surface area contributed by atoms with Crippen LogP contribution in [-0.2, 0) is 9.59 Å². The highest BCUT2D eigenvalue weighted by Gasteiger charge is 2.49. The lowest BCUT2D eigenvalue weighted by atomic mass is 9.92. The second-order valence-corrected chi connectivity index (χ2v) is 5.73. The molecule has 20 heavy (non-hydrogen) atoms. The lowest BCUT2D eigenvalue weighted by Crippen LogP contribution is -2.55. The van der Waals surface area contributed by atoms with Gasteiger partial charge in [-0.3, -0.25) is 4.79 Å². The van der Waals surface area contributed by atoms with Gasteiger partial charge in [-0.1, -0.05) is 5.16 Å². The molecule has 110 valence electrons. The molecule has 0 saturated heterocycles. The summed E-state index contributed by atoms with van der Waals surface area (Å²) < 4.78 is 5.06. The fourth-order valence-electron chi connectivity index (χ4n) is 2.59. The second-order valence-electron chi connectivity index (χ2n) is 5.73. The first-order chi connectivity index (χ1) is 9.27. The van der Waals surface area contributed by atoms with Crippen LogP contribution in [0.15, 0.2) is 4.52 Å². The first-order valence-corrected chi connectivity index (χ1v) is 6.75. The molecular formula is C14H20N2O4. The molecule has 0 unspecified atom stereocenters. The van der Waals surface area contributed by atoms with Gasteiger partial charge in [-0.25, -0.2) is 4.79 Å². The largest absolute Gasteiger partial charge is 0.480 e. The summed E-state index contributed by atoms with van der Waals surface area (Å²) in [6.07, 6.45) is 1.67. The van der Waals surface area contributed by atoms with Crippen LogP contribution in [0.2, 0.25) is 0 Å². The van der Waals surface area contributed by atoms with Crippen LogP contribution in [0.1, 0.15) is 49.6 Å². The topological polar surface area (TPSA) is 92.4 Å². The van der Waals surface area contributed by atoms with E-state index in [4.69, 9.17) is 4.52 Å². The molecule has 2 rings (SSSR count). The fraction of sp³-hybridized carbons (Fsp3) is 0.643. The Morgan fingerprint density at radius 2 is 2.05 bits per heavy atom. The van der Waals surface area contributed by atoms with Crippen molar-refractivity contribution < 1.29 is 19.2 Å². The summed E-state index contributed by atoms with van der Waals surface area (Å²) in [6, 6.07) is 0. The Bertz CT molecular complexity index is 528. The lowest BCUT2D eigenvalue weighted by molar-refractivity contribution is -0.148. The normalized spacial score (nSPS) is 19.2. The Balaban J connectivity index is 2.17. The molecule has 0 spiro atoms. The Labute approximate surface area is 117 Å². The zero-order valence-electron chi connectivity index (χ0n) is 12.2. The SMILES string of the molecule is Cc1noc(C)c1[C@@H](C)C(=O)N[C@@](C)(C(=O)O)C1CC1. The van der Waals surface area contributed by atoms with Gasteiger partial charge in [0.05, 0.1) is 11.6 Å². The Morgan fingerprint density at radius 3 is 2.45 bits per heavy atom. The minimum absolute atomic E-state index is 0.0146. The monoisotopic (exact) mass is 280 g/mol. The number of amides is 1. The predicted octanol–water partition coefficient (Wildman–Crippen LogP) is 1.76. The number of aromatic nitrogens is 1. The average molecular weight is 280 g/mol. The molecule has 0 aromatic carbocycles. The summed E-state index contributed by atoms with van der Waals surface area (Å²) in [5.41, 5.74) is 0.198. The van der Waals surface area contributed by atoms with Crippen LogP contribution in [0.3, 0.4) is 0 Å². The van der Waals surface area contributed by atoms with E-state index in [0.29, 0.717) is 11.5 Å². The number of aliphatic carboxylic acids is 1. The number of aryl methyl sites for hydroxylation is 2. The molecule has 0 radical (unpaired) electrons. The number of carboxylic acids is 1. The zero-order chi connectivity index (χ0) is 15.1. The van der Waals surface area contributed by atoms with Crippen molar-refractivity contribution >= 4 is 11.9 Å². The van der Waals surface area contributed by atoms with Crippen LogP contribution in [-0.4, -0.2) is 27.7 Å². The van der Waals surface area contributed by atoms with Gasteiger partial charge in [0.15, 0.2) is 0 Å². The van der Waals surface area contributed by atoms with Crippen molar-refractivity contribution in [2.24, 2.45) is 5.92 Å². The maximum atomic E-state index is 12.4. The van der Waals surface area contributed by atoms with Gasteiger partial charge in [0.25, 0.3) is 0 Å². The summed E-state index contributed by atoms with van der Waals surface area (Å²) in [7, 11) is 0. The predicted molar refractivity (Wildman–Crippen MR) is 71.3 cm³/mol. The van der Waals surface area contributed by atoms with E-state index in [1.54, 1.807) is 27.7 Å². The number of carbonyl (C=O) groups is 2. The summed E-state index contributed by atoms with van der Waals surface area (Å²) in [5.74, 6) is -1.18. The molecule has 0 aliphatic heterocycles. The van der Waals surface area contributed by atoms with Crippen molar-refractivity contribution in [2.45, 2.75) is 52.0 Å². The molecule has 0 bridgehead atoms. The van der Waals surface area contributed by atoms with Crippen LogP contribution < -0.4 is 5.32 Å². The third-order valence-electron chi connectivity index (χ3n) is 4.14. The van der Waals surface area contributed by atoms with Crippen molar-refractivity contribution in [1.29, 1.82) is 0 Å². The van der Waals surface area contributed by atoms with Crippen LogP contribution in [0.4, 0.5) is 0 Å². The fourth-order valence-corrected chi connectivity index (χ4v) is 2.59. The molecule has 2 atom stereocenters. The first kappa shape index (κ1) is 14.6. The quantitative estimate of drug-likeness (QED) is 0.857. The highest BCUT2D eigenvalue weighted by atomic mass is 16.5. The molecule has 1 aromatic heterocycles. The number of carbonyl (C=O) groups excluding carboxylic acids is 1. The molecule has 1 fully saturated rings. The van der Waals surface area contributed by atoms with Crippen molar-refractivity contribution in [3.63, 3.8) is 0 Å². The first-order valence-electron chi connectivity index (χ1n) is 6.75. The number of hydrogen-bond donors (Lipinski definition) is 2. The Morgan fingerprint density at radius 1 is 1.45 bits per heavy atom. The molecule has 1 amide bonds. The van der Waals surface area contributed by atoms with E-state index in [1.165, 1.54) is 0 Å². The standard InChI is InChI=1S/C14H20N2O4/c1-7(11-8(2)16-20-9(11)3)12(17)15-14(4,13(18)19)10-5-6-10/h7,10H,5-6H2,1-4H3,(H,15,17)(H,18,19)/t7-,14-/m1/s1. The number of carboxylic acid groups (broad SMARTS) is 1. The smallest absolute Gasteiger partial charge is 0.329 e. The van der Waals surface area contributed by atoms with Crippen molar-refractivity contribution in [2.75, 3.05) is 0 Å². The van der Waals surface area contributed by atoms with Gasteiger partial charge in [-0.15, -0.1) is 0 Å². The van der Waals surface area contributed by atoms with Crippen molar-refractivity contribution in [3.8, 4) is 0 Å². The van der Waals surface area contributed by atoms with Gasteiger partial charge in [0.2, 0.25) is 5.91 Å². The summed E-state index contributed by atoms with van der Waals surface area (Å²) >= 11 is 0. The molecule has 1 saturated carbocycles. The minimum atomic E-state index is -1.19. The van der Waals surface area contributed by atoms with E-state index in [-0.39, 0.29) is 11.8 Å². The maximum Gasteiger partial charge on any atom is 0.329 e. The number of nitrogens with zero attached hydrogens (tertiary/aromatic N) is 1. The zero-order valence-corrected chi connectivity index (χ0v) is 12.2. The van der Waals surface area contributed by atoms with Crippen molar-refractivity contribution in [3.05, 3.63) is 17.0 Å². The van der Waals surface area contributed by atoms with Gasteiger partial charge >= 0.3 is 5.97 Å². The highest BCUT2D eigenvalue weighted by Crippen LogP contribution is 2.40. The second kappa shape index (κ2) is 4.92. The molecule has 6 heteroatoms. The maximum absolute atomic E-state index is 12.4. The van der Waals surface area contributed by atoms with Crippen LogP contribution in [0.5, 0.6) is 0 Å². The van der Waals surface area contributed by atoms with Gasteiger partial charge in [-0.2, -0.15) is 0 Å². The van der Waals surface area contributed by atoms with Crippen LogP contribution in [0.25, 0.3) is 0 Å². The van der Waals surface area contributed by atoms with E-state index in [9.17, 15) is 14.7 Å². The van der Waals surface area contributed by atoms with E-state index in [0.717, 1.165) is 18.4 Å². The lowest BCUT2D eigenvalue weighted by Gasteiger charge is -2.27. The minimum Gasteiger partial charge on any atom is -0.480 e. The van der Waals surface area contributed by atoms with Gasteiger partial charge in [0.1, 0.15) is 11.3 Å². The van der Waals surface area contributed by atoms with E-state index >= 15 is 0 Å². The molecule has 2 N–H and O–H groups in total. The number of hydrogen-bond acceptors (Lipinski definition) is 4. The van der Waals surface area contributed by atoms with Crippen LogP contribution in [0, 0.1) is 19.8 Å². The van der Waals surface area contributed by atoms with Gasteiger partial charge in [0, 0.05) is 5.56 Å². The van der Waals surface area contributed by atoms with Gasteiger partial charge < -0.3 is 14.9 Å². The molecule has 1 aliphatic rings. The molecule has 1 heterocycles. The van der Waals surface area contributed by atoms with E-state index in [2.05, 4.69) is 10.5 Å². The molecule has 6 nitrogen and oxygen atoms in total. The van der Waals surface area contributed by atoms with Crippen molar-refractivity contribution in [1.82, 2.24) is 10.5 Å². The Kier molecular flexibility index (Phi) is 3.58. The van der Waals surface area contributed by atoms with Crippen LogP contribution >= 0.6 is 0 Å².